The van der Waals surface area contributed by atoms with Crippen LogP contribution in [-0.4, -0.2) is 24.2 Å². The molecule has 27 heavy (non-hydrogen) atoms. The van der Waals surface area contributed by atoms with Crippen molar-refractivity contribution in [3.63, 3.8) is 0 Å². The van der Waals surface area contributed by atoms with Crippen molar-refractivity contribution in [2.75, 3.05) is 5.75 Å². The minimum Gasteiger partial charge on any atom is -0.228 e. The van der Waals surface area contributed by atoms with Gasteiger partial charge in [0.25, 0.3) is 0 Å². The van der Waals surface area contributed by atoms with E-state index in [0.29, 0.717) is 12.8 Å². The molecule has 3 rings (SSSR count). The van der Waals surface area contributed by atoms with Crippen molar-refractivity contribution in [1.29, 1.82) is 0 Å². The fraction of sp³-hybridized carbons (Fsp3) is 0.304. The Bertz CT molecular complexity index is 915. The molecule has 1 aliphatic rings. The lowest BCUT2D eigenvalue weighted by Gasteiger charge is -2.28. The first kappa shape index (κ1) is 20.0. The predicted octanol–water partition coefficient (Wildman–Crippen LogP) is 5.77. The standard InChI is InChI=1S/C23H26O2S2/c1-19(26-22-11-7-4-8-12-22)15-18-27(24,25)23(2)16-13-21(14-17-23)20-9-5-3-6-10-20/h3-14,16,19H,15,17-18H2,1-2H3. The third-order valence-corrected chi connectivity index (χ3v) is 8.71. The second-order valence-electron chi connectivity index (χ2n) is 7.22. The summed E-state index contributed by atoms with van der Waals surface area (Å²) in [5.41, 5.74) is 2.22. The van der Waals surface area contributed by atoms with Gasteiger partial charge in [-0.05, 0) is 43.0 Å². The fourth-order valence-corrected chi connectivity index (χ4v) is 6.04. The average Bonchev–Trinajstić information content (AvgIpc) is 2.68. The molecule has 2 unspecified atom stereocenters. The van der Waals surface area contributed by atoms with Gasteiger partial charge in [0.1, 0.15) is 0 Å². The van der Waals surface area contributed by atoms with Gasteiger partial charge < -0.3 is 0 Å². The highest BCUT2D eigenvalue weighted by molar-refractivity contribution is 8.00. The minimum absolute atomic E-state index is 0.212. The summed E-state index contributed by atoms with van der Waals surface area (Å²) < 4.78 is 25.2. The number of rotatable bonds is 7. The van der Waals surface area contributed by atoms with Gasteiger partial charge in [-0.1, -0.05) is 73.7 Å². The van der Waals surface area contributed by atoms with E-state index in [1.807, 2.05) is 55.5 Å². The monoisotopic (exact) mass is 398 g/mol. The van der Waals surface area contributed by atoms with E-state index < -0.39 is 14.6 Å². The topological polar surface area (TPSA) is 34.1 Å². The van der Waals surface area contributed by atoms with Crippen LogP contribution in [0.1, 0.15) is 32.3 Å². The Labute approximate surface area is 167 Å². The molecular weight excluding hydrogens is 372 g/mol. The van der Waals surface area contributed by atoms with Gasteiger partial charge >= 0.3 is 0 Å². The quantitative estimate of drug-likeness (QED) is 0.555. The second-order valence-corrected chi connectivity index (χ2v) is 11.3. The summed E-state index contributed by atoms with van der Waals surface area (Å²) in [5, 5.41) is 0.258. The van der Waals surface area contributed by atoms with Gasteiger partial charge in [0.2, 0.25) is 0 Å². The van der Waals surface area contributed by atoms with Gasteiger partial charge in [-0.2, -0.15) is 0 Å². The predicted molar refractivity (Wildman–Crippen MR) is 117 cm³/mol. The van der Waals surface area contributed by atoms with Crippen LogP contribution in [0.3, 0.4) is 0 Å². The lowest BCUT2D eigenvalue weighted by Crippen LogP contribution is -2.36. The lowest BCUT2D eigenvalue weighted by molar-refractivity contribution is 0.560. The first-order valence-electron chi connectivity index (χ1n) is 9.28. The van der Waals surface area contributed by atoms with Crippen LogP contribution in [0.4, 0.5) is 0 Å². The van der Waals surface area contributed by atoms with E-state index >= 15 is 0 Å². The zero-order valence-electron chi connectivity index (χ0n) is 15.8. The molecule has 2 atom stereocenters. The van der Waals surface area contributed by atoms with Crippen LogP contribution in [0.25, 0.3) is 5.57 Å². The van der Waals surface area contributed by atoms with Crippen LogP contribution in [0.2, 0.25) is 0 Å². The SMILES string of the molecule is CC(CCS(=O)(=O)C1(C)C=CC(c2ccccc2)=CC1)Sc1ccccc1. The maximum Gasteiger partial charge on any atom is 0.159 e. The van der Waals surface area contributed by atoms with Crippen LogP contribution in [0.5, 0.6) is 0 Å². The third kappa shape index (κ3) is 4.94. The van der Waals surface area contributed by atoms with E-state index in [0.717, 1.165) is 11.1 Å². The Morgan fingerprint density at radius 2 is 1.67 bits per heavy atom. The third-order valence-electron chi connectivity index (χ3n) is 5.03. The number of thioether (sulfide) groups is 1. The van der Waals surface area contributed by atoms with E-state index in [1.165, 1.54) is 4.90 Å². The maximum atomic E-state index is 13.0. The second kappa shape index (κ2) is 8.49. The van der Waals surface area contributed by atoms with E-state index in [2.05, 4.69) is 37.3 Å². The van der Waals surface area contributed by atoms with Crippen molar-refractivity contribution in [1.82, 2.24) is 0 Å². The van der Waals surface area contributed by atoms with E-state index in [1.54, 1.807) is 11.8 Å². The molecule has 0 bridgehead atoms. The highest BCUT2D eigenvalue weighted by Crippen LogP contribution is 2.34. The van der Waals surface area contributed by atoms with E-state index in [9.17, 15) is 8.42 Å². The molecule has 0 amide bonds. The number of hydrogen-bond acceptors (Lipinski definition) is 3. The summed E-state index contributed by atoms with van der Waals surface area (Å²) in [6, 6.07) is 20.2. The van der Waals surface area contributed by atoms with Gasteiger partial charge in [0.15, 0.2) is 9.84 Å². The molecule has 0 aromatic heterocycles. The Hall–Kier alpha value is -1.78. The average molecular weight is 399 g/mol. The first-order chi connectivity index (χ1) is 12.9. The largest absolute Gasteiger partial charge is 0.228 e. The molecular formula is C23H26O2S2. The van der Waals surface area contributed by atoms with E-state index in [4.69, 9.17) is 0 Å². The number of sulfone groups is 1. The van der Waals surface area contributed by atoms with Crippen LogP contribution < -0.4 is 0 Å². The van der Waals surface area contributed by atoms with Crippen LogP contribution >= 0.6 is 11.8 Å². The van der Waals surface area contributed by atoms with Crippen molar-refractivity contribution in [2.45, 2.75) is 41.6 Å². The van der Waals surface area contributed by atoms with Crippen molar-refractivity contribution in [2.24, 2.45) is 0 Å². The summed E-state index contributed by atoms with van der Waals surface area (Å²) >= 11 is 1.73. The summed E-state index contributed by atoms with van der Waals surface area (Å²) in [6.07, 6.45) is 7.06. The first-order valence-corrected chi connectivity index (χ1v) is 11.8. The van der Waals surface area contributed by atoms with Crippen LogP contribution in [-0.2, 0) is 9.84 Å². The lowest BCUT2D eigenvalue weighted by atomic mass is 9.93. The molecule has 0 saturated carbocycles. The fourth-order valence-electron chi connectivity index (χ4n) is 3.13. The van der Waals surface area contributed by atoms with Gasteiger partial charge in [0, 0.05) is 10.1 Å². The Morgan fingerprint density at radius 1 is 1.04 bits per heavy atom. The molecule has 142 valence electrons. The zero-order valence-corrected chi connectivity index (χ0v) is 17.5. The summed E-state index contributed by atoms with van der Waals surface area (Å²) in [5.74, 6) is 0.212. The molecule has 2 aromatic carbocycles. The van der Waals surface area contributed by atoms with Crippen LogP contribution in [0, 0.1) is 0 Å². The molecule has 0 radical (unpaired) electrons. The Kier molecular flexibility index (Phi) is 6.28. The van der Waals surface area contributed by atoms with Gasteiger partial charge in [0.05, 0.1) is 10.5 Å². The minimum atomic E-state index is -3.22. The van der Waals surface area contributed by atoms with Crippen molar-refractivity contribution in [3.8, 4) is 0 Å². The Morgan fingerprint density at radius 3 is 2.26 bits per heavy atom. The molecule has 0 fully saturated rings. The highest BCUT2D eigenvalue weighted by Gasteiger charge is 2.37. The number of allylic oxidation sites excluding steroid dienone is 3. The zero-order chi connectivity index (χ0) is 19.3. The van der Waals surface area contributed by atoms with Crippen molar-refractivity contribution < 1.29 is 8.42 Å². The van der Waals surface area contributed by atoms with Crippen LogP contribution in [0.15, 0.2) is 83.8 Å². The summed E-state index contributed by atoms with van der Waals surface area (Å²) in [4.78, 5) is 1.18. The molecule has 0 N–H and O–H groups in total. The number of benzene rings is 2. The highest BCUT2D eigenvalue weighted by atomic mass is 32.2. The molecule has 0 aliphatic heterocycles. The van der Waals surface area contributed by atoms with Gasteiger partial charge in [-0.15, -0.1) is 11.8 Å². The normalized spacial score (nSPS) is 20.9. The maximum absolute atomic E-state index is 13.0. The summed E-state index contributed by atoms with van der Waals surface area (Å²) in [6.45, 7) is 3.94. The Balaban J connectivity index is 1.61. The molecule has 2 nitrogen and oxygen atoms in total. The smallest absolute Gasteiger partial charge is 0.159 e. The molecule has 0 saturated heterocycles. The molecule has 1 aliphatic carbocycles. The van der Waals surface area contributed by atoms with E-state index in [-0.39, 0.29) is 11.0 Å². The van der Waals surface area contributed by atoms with Crippen molar-refractivity contribution in [3.05, 3.63) is 84.5 Å². The molecule has 2 aromatic rings. The number of hydrogen-bond donors (Lipinski definition) is 0. The van der Waals surface area contributed by atoms with Gasteiger partial charge in [-0.3, -0.25) is 0 Å². The summed E-state index contributed by atoms with van der Waals surface area (Å²) in [7, 11) is -3.22. The molecule has 4 heteroatoms. The van der Waals surface area contributed by atoms with Crippen molar-refractivity contribution >= 4 is 27.2 Å². The molecule has 0 spiro atoms. The van der Waals surface area contributed by atoms with Gasteiger partial charge in [-0.25, -0.2) is 8.42 Å². The molecule has 0 heterocycles.